The number of ether oxygens (including phenoxy) is 1. The summed E-state index contributed by atoms with van der Waals surface area (Å²) in [7, 11) is 1.35. The molecule has 2 fully saturated rings. The first kappa shape index (κ1) is 16.0. The van der Waals surface area contributed by atoms with Crippen molar-refractivity contribution in [1.29, 1.82) is 0 Å². The summed E-state index contributed by atoms with van der Waals surface area (Å²) in [5, 5.41) is 2.89. The summed E-state index contributed by atoms with van der Waals surface area (Å²) in [6.45, 7) is 2.25. The molecule has 124 valence electrons. The molecule has 0 atom stereocenters. The monoisotopic (exact) mass is 316 g/mol. The maximum Gasteiger partial charge on any atom is 0.337 e. The van der Waals surface area contributed by atoms with Gasteiger partial charge in [0.25, 0.3) is 0 Å². The molecule has 5 nitrogen and oxygen atoms in total. The van der Waals surface area contributed by atoms with Gasteiger partial charge in [-0.25, -0.2) is 4.79 Å². The standard InChI is InChI=1S/C18H24N2O3/c1-23-18(22)14-3-2-4-15(12-14)19-17(21)11-13-7-9-20(10-8-13)16-5-6-16/h2-4,12-13,16H,5-11H2,1H3,(H,19,21). The fourth-order valence-corrected chi connectivity index (χ4v) is 3.28. The molecule has 1 aliphatic heterocycles. The molecule has 1 saturated carbocycles. The molecule has 3 rings (SSSR count). The van der Waals surface area contributed by atoms with Crippen molar-refractivity contribution in [3.05, 3.63) is 29.8 Å². The normalized spacial score (nSPS) is 19.3. The molecule has 1 saturated heterocycles. The number of carbonyl (C=O) groups is 2. The Morgan fingerprint density at radius 3 is 2.61 bits per heavy atom. The van der Waals surface area contributed by atoms with Gasteiger partial charge in [-0.15, -0.1) is 0 Å². The van der Waals surface area contributed by atoms with Crippen molar-refractivity contribution in [1.82, 2.24) is 4.90 Å². The van der Waals surface area contributed by atoms with Gasteiger partial charge in [0.05, 0.1) is 12.7 Å². The minimum Gasteiger partial charge on any atom is -0.465 e. The molecule has 0 radical (unpaired) electrons. The van der Waals surface area contributed by atoms with Crippen LogP contribution in [0.25, 0.3) is 0 Å². The number of rotatable bonds is 5. The zero-order chi connectivity index (χ0) is 16.2. The van der Waals surface area contributed by atoms with Crippen LogP contribution in [0.4, 0.5) is 5.69 Å². The molecule has 1 heterocycles. The van der Waals surface area contributed by atoms with Crippen molar-refractivity contribution >= 4 is 17.6 Å². The largest absolute Gasteiger partial charge is 0.465 e. The van der Waals surface area contributed by atoms with Gasteiger partial charge in [0.2, 0.25) is 5.91 Å². The highest BCUT2D eigenvalue weighted by atomic mass is 16.5. The van der Waals surface area contributed by atoms with Gasteiger partial charge in [0.15, 0.2) is 0 Å². The Morgan fingerprint density at radius 2 is 1.96 bits per heavy atom. The van der Waals surface area contributed by atoms with Gasteiger partial charge >= 0.3 is 5.97 Å². The van der Waals surface area contributed by atoms with Crippen LogP contribution in [-0.4, -0.2) is 43.0 Å². The molecule has 1 aliphatic carbocycles. The Balaban J connectivity index is 1.48. The van der Waals surface area contributed by atoms with Crippen LogP contribution in [0, 0.1) is 5.92 Å². The molecule has 1 aromatic carbocycles. The average molecular weight is 316 g/mol. The lowest BCUT2D eigenvalue weighted by Gasteiger charge is -2.31. The number of piperidine rings is 1. The predicted octanol–water partition coefficient (Wildman–Crippen LogP) is 2.68. The van der Waals surface area contributed by atoms with Crippen LogP contribution >= 0.6 is 0 Å². The van der Waals surface area contributed by atoms with Crippen molar-refractivity contribution < 1.29 is 14.3 Å². The second-order valence-corrected chi connectivity index (χ2v) is 6.54. The summed E-state index contributed by atoms with van der Waals surface area (Å²) in [5.41, 5.74) is 1.09. The first-order valence-corrected chi connectivity index (χ1v) is 8.38. The molecular formula is C18H24N2O3. The van der Waals surface area contributed by atoms with Crippen molar-refractivity contribution in [2.75, 3.05) is 25.5 Å². The van der Waals surface area contributed by atoms with Crippen LogP contribution in [-0.2, 0) is 9.53 Å². The SMILES string of the molecule is COC(=O)c1cccc(NC(=O)CC2CCN(C3CC3)CC2)c1. The minimum atomic E-state index is -0.395. The summed E-state index contributed by atoms with van der Waals surface area (Å²) in [6.07, 6.45) is 5.46. The van der Waals surface area contributed by atoms with Crippen molar-refractivity contribution in [3.8, 4) is 0 Å². The zero-order valence-electron chi connectivity index (χ0n) is 13.6. The van der Waals surface area contributed by atoms with E-state index in [1.165, 1.54) is 20.0 Å². The molecule has 1 amide bonds. The van der Waals surface area contributed by atoms with Crippen molar-refractivity contribution in [3.63, 3.8) is 0 Å². The van der Waals surface area contributed by atoms with Crippen LogP contribution < -0.4 is 5.32 Å². The lowest BCUT2D eigenvalue weighted by molar-refractivity contribution is -0.117. The highest BCUT2D eigenvalue weighted by Crippen LogP contribution is 2.31. The molecule has 1 N–H and O–H groups in total. The van der Waals surface area contributed by atoms with Gasteiger partial charge < -0.3 is 15.0 Å². The molecular weight excluding hydrogens is 292 g/mol. The highest BCUT2D eigenvalue weighted by Gasteiger charge is 2.32. The fourth-order valence-electron chi connectivity index (χ4n) is 3.28. The number of benzene rings is 1. The number of nitrogens with zero attached hydrogens (tertiary/aromatic N) is 1. The number of esters is 1. The lowest BCUT2D eigenvalue weighted by atomic mass is 9.93. The molecule has 0 unspecified atom stereocenters. The van der Waals surface area contributed by atoms with E-state index in [0.717, 1.165) is 32.0 Å². The first-order chi connectivity index (χ1) is 11.2. The number of amides is 1. The molecule has 0 aromatic heterocycles. The average Bonchev–Trinajstić information content (AvgIpc) is 3.40. The number of likely N-dealkylation sites (tertiary alicyclic amines) is 1. The van der Waals surface area contributed by atoms with Crippen molar-refractivity contribution in [2.45, 2.75) is 38.1 Å². The molecule has 23 heavy (non-hydrogen) atoms. The van der Waals surface area contributed by atoms with E-state index in [2.05, 4.69) is 10.2 Å². The van der Waals surface area contributed by atoms with Gasteiger partial charge in [-0.1, -0.05) is 6.07 Å². The quantitative estimate of drug-likeness (QED) is 0.849. The summed E-state index contributed by atoms with van der Waals surface area (Å²) in [4.78, 5) is 26.3. The second kappa shape index (κ2) is 7.13. The predicted molar refractivity (Wildman–Crippen MR) is 88.3 cm³/mol. The molecule has 0 spiro atoms. The lowest BCUT2D eigenvalue weighted by Crippen LogP contribution is -2.36. The number of methoxy groups -OCH3 is 1. The van der Waals surface area contributed by atoms with E-state index in [-0.39, 0.29) is 5.91 Å². The smallest absolute Gasteiger partial charge is 0.337 e. The highest BCUT2D eigenvalue weighted by molar-refractivity contribution is 5.94. The zero-order valence-corrected chi connectivity index (χ0v) is 13.6. The Hall–Kier alpha value is -1.88. The van der Waals surface area contributed by atoms with E-state index < -0.39 is 5.97 Å². The van der Waals surface area contributed by atoms with Crippen LogP contribution in [0.1, 0.15) is 42.5 Å². The number of hydrogen-bond acceptors (Lipinski definition) is 4. The minimum absolute atomic E-state index is 0.0249. The summed E-state index contributed by atoms with van der Waals surface area (Å²) in [5.74, 6) is 0.0965. The maximum absolute atomic E-state index is 12.2. The van der Waals surface area contributed by atoms with Gasteiger partial charge in [-0.3, -0.25) is 4.79 Å². The number of carbonyl (C=O) groups excluding carboxylic acids is 2. The first-order valence-electron chi connectivity index (χ1n) is 8.38. The Bertz CT molecular complexity index is 575. The summed E-state index contributed by atoms with van der Waals surface area (Å²) >= 11 is 0. The van der Waals surface area contributed by atoms with E-state index in [1.54, 1.807) is 24.3 Å². The van der Waals surface area contributed by atoms with E-state index in [9.17, 15) is 9.59 Å². The maximum atomic E-state index is 12.2. The number of nitrogens with one attached hydrogen (secondary N) is 1. The fraction of sp³-hybridized carbons (Fsp3) is 0.556. The van der Waals surface area contributed by atoms with E-state index in [4.69, 9.17) is 4.74 Å². The van der Waals surface area contributed by atoms with Gasteiger partial charge in [0, 0.05) is 18.2 Å². The van der Waals surface area contributed by atoms with E-state index in [1.807, 2.05) is 0 Å². The van der Waals surface area contributed by atoms with Crippen LogP contribution in [0.3, 0.4) is 0 Å². The molecule has 0 bridgehead atoms. The van der Waals surface area contributed by atoms with Crippen LogP contribution in [0.15, 0.2) is 24.3 Å². The van der Waals surface area contributed by atoms with Crippen LogP contribution in [0.2, 0.25) is 0 Å². The van der Waals surface area contributed by atoms with E-state index >= 15 is 0 Å². The topological polar surface area (TPSA) is 58.6 Å². The second-order valence-electron chi connectivity index (χ2n) is 6.54. The third kappa shape index (κ3) is 4.32. The molecule has 5 heteroatoms. The van der Waals surface area contributed by atoms with Crippen molar-refractivity contribution in [2.24, 2.45) is 5.92 Å². The third-order valence-corrected chi connectivity index (χ3v) is 4.75. The van der Waals surface area contributed by atoms with Gasteiger partial charge in [-0.05, 0) is 62.9 Å². The molecule has 2 aliphatic rings. The summed E-state index contributed by atoms with van der Waals surface area (Å²) < 4.78 is 4.70. The third-order valence-electron chi connectivity index (χ3n) is 4.75. The Kier molecular flexibility index (Phi) is 4.96. The molecule has 1 aromatic rings. The Morgan fingerprint density at radius 1 is 1.22 bits per heavy atom. The number of anilines is 1. The number of hydrogen-bond donors (Lipinski definition) is 1. The van der Waals surface area contributed by atoms with Gasteiger partial charge in [-0.2, -0.15) is 0 Å². The van der Waals surface area contributed by atoms with Gasteiger partial charge in [0.1, 0.15) is 0 Å². The summed E-state index contributed by atoms with van der Waals surface area (Å²) in [6, 6.07) is 7.69. The van der Waals surface area contributed by atoms with Crippen LogP contribution in [0.5, 0.6) is 0 Å². The Labute approximate surface area is 137 Å². The van der Waals surface area contributed by atoms with E-state index in [0.29, 0.717) is 23.6 Å².